The quantitative estimate of drug-likeness (QED) is 0.791. The molecule has 9 nitrogen and oxygen atoms in total. The molecule has 0 aliphatic carbocycles. The Morgan fingerprint density at radius 2 is 2.00 bits per heavy atom. The van der Waals surface area contributed by atoms with Gasteiger partial charge in [0.2, 0.25) is 0 Å². The van der Waals surface area contributed by atoms with E-state index in [1.807, 2.05) is 6.92 Å². The van der Waals surface area contributed by atoms with Crippen LogP contribution in [0.25, 0.3) is 0 Å². The molecule has 2 N–H and O–H groups in total. The van der Waals surface area contributed by atoms with Gasteiger partial charge in [-0.15, -0.1) is 0 Å². The first-order chi connectivity index (χ1) is 13.6. The average Bonchev–Trinajstić information content (AvgIpc) is 3.34. The molecule has 0 bridgehead atoms. The molecule has 28 heavy (non-hydrogen) atoms. The van der Waals surface area contributed by atoms with Gasteiger partial charge in [0.05, 0.1) is 0 Å². The van der Waals surface area contributed by atoms with Gasteiger partial charge >= 0.3 is 0 Å². The number of nitrogens with one attached hydrogen (secondary N) is 2. The van der Waals surface area contributed by atoms with E-state index in [9.17, 15) is 9.59 Å². The van der Waals surface area contributed by atoms with Crippen LogP contribution < -0.4 is 15.8 Å². The Balaban J connectivity index is 1.34. The maximum absolute atomic E-state index is 12.8. The van der Waals surface area contributed by atoms with Crippen LogP contribution in [-0.2, 0) is 6.54 Å². The van der Waals surface area contributed by atoms with Crippen molar-refractivity contribution in [1.29, 1.82) is 0 Å². The number of aryl methyl sites for hydroxylation is 1. The van der Waals surface area contributed by atoms with Crippen molar-refractivity contribution in [3.8, 4) is 0 Å². The molecular formula is C19H26N6O3. The van der Waals surface area contributed by atoms with Gasteiger partial charge in [-0.2, -0.15) is 5.10 Å². The van der Waals surface area contributed by atoms with Gasteiger partial charge < -0.3 is 14.7 Å². The minimum Gasteiger partial charge on any atom is -0.361 e. The van der Waals surface area contributed by atoms with Crippen LogP contribution in [0.5, 0.6) is 0 Å². The highest BCUT2D eigenvalue weighted by atomic mass is 16.5. The Kier molecular flexibility index (Phi) is 5.43. The van der Waals surface area contributed by atoms with Crippen molar-refractivity contribution in [3.63, 3.8) is 0 Å². The maximum Gasteiger partial charge on any atom is 0.274 e. The van der Waals surface area contributed by atoms with Crippen molar-refractivity contribution < 1.29 is 9.32 Å². The average molecular weight is 386 g/mol. The van der Waals surface area contributed by atoms with E-state index in [4.69, 9.17) is 4.52 Å². The lowest BCUT2D eigenvalue weighted by molar-refractivity contribution is 0.0920. The molecule has 2 aromatic rings. The second-order valence-corrected chi connectivity index (χ2v) is 7.56. The second-order valence-electron chi connectivity index (χ2n) is 7.56. The molecule has 0 aromatic carbocycles. The molecule has 9 heteroatoms. The summed E-state index contributed by atoms with van der Waals surface area (Å²) in [6.07, 6.45) is 4.03. The molecular weight excluding hydrogens is 360 g/mol. The molecule has 0 radical (unpaired) electrons. The first-order valence-electron chi connectivity index (χ1n) is 9.89. The second kappa shape index (κ2) is 8.14. The van der Waals surface area contributed by atoms with Crippen LogP contribution >= 0.6 is 0 Å². The van der Waals surface area contributed by atoms with Crippen molar-refractivity contribution in [3.05, 3.63) is 39.5 Å². The molecule has 1 amide bonds. The Morgan fingerprint density at radius 3 is 2.68 bits per heavy atom. The Labute approximate surface area is 163 Å². The summed E-state index contributed by atoms with van der Waals surface area (Å²) in [7, 11) is 0. The smallest absolute Gasteiger partial charge is 0.274 e. The zero-order chi connectivity index (χ0) is 19.5. The normalized spacial score (nSPS) is 18.5. The van der Waals surface area contributed by atoms with E-state index in [1.165, 1.54) is 18.9 Å². The standard InChI is InChI=1S/C19H26N6O3/c1-13-15(12-24-8-2-3-9-24)18(23-28-13)19(27)20-14-6-10-25(11-7-14)16-4-5-17(26)22-21-16/h4-5,14H,2-3,6-12H2,1H3,(H,20,27)(H,22,26). The predicted octanol–water partition coefficient (Wildman–Crippen LogP) is 1.06. The SMILES string of the molecule is Cc1onc(C(=O)NC2CCN(c3ccc(=O)[nH]n3)CC2)c1CN1CCCC1. The van der Waals surface area contributed by atoms with Crippen molar-refractivity contribution in [2.45, 2.75) is 45.2 Å². The number of piperidine rings is 1. The number of H-pyrrole nitrogens is 1. The summed E-state index contributed by atoms with van der Waals surface area (Å²) in [4.78, 5) is 28.4. The van der Waals surface area contributed by atoms with E-state index in [2.05, 4.69) is 30.5 Å². The van der Waals surface area contributed by atoms with Gasteiger partial charge in [-0.3, -0.25) is 14.5 Å². The highest BCUT2D eigenvalue weighted by Crippen LogP contribution is 2.21. The topological polar surface area (TPSA) is 107 Å². The number of carbonyl (C=O) groups excluding carboxylic acids is 1. The van der Waals surface area contributed by atoms with Gasteiger partial charge in [0.25, 0.3) is 11.5 Å². The fourth-order valence-electron chi connectivity index (χ4n) is 3.94. The number of carbonyl (C=O) groups is 1. The first kappa shape index (κ1) is 18.7. The molecule has 2 aliphatic rings. The van der Waals surface area contributed by atoms with Crippen LogP contribution in [0, 0.1) is 6.92 Å². The lowest BCUT2D eigenvalue weighted by atomic mass is 10.0. The summed E-state index contributed by atoms with van der Waals surface area (Å²) >= 11 is 0. The lowest BCUT2D eigenvalue weighted by Gasteiger charge is -2.32. The van der Waals surface area contributed by atoms with Crippen molar-refractivity contribution >= 4 is 11.7 Å². The minimum absolute atomic E-state index is 0.0863. The van der Waals surface area contributed by atoms with Crippen LogP contribution in [0.1, 0.15) is 47.5 Å². The van der Waals surface area contributed by atoms with Crippen molar-refractivity contribution in [1.82, 2.24) is 25.6 Å². The van der Waals surface area contributed by atoms with Crippen LogP contribution in [0.2, 0.25) is 0 Å². The number of hydrogen-bond acceptors (Lipinski definition) is 7. The van der Waals surface area contributed by atoms with E-state index in [-0.39, 0.29) is 17.5 Å². The summed E-state index contributed by atoms with van der Waals surface area (Å²) in [6, 6.07) is 3.29. The van der Waals surface area contributed by atoms with Crippen molar-refractivity contribution in [2.75, 3.05) is 31.1 Å². The molecule has 4 rings (SSSR count). The van der Waals surface area contributed by atoms with E-state index in [1.54, 1.807) is 6.07 Å². The number of anilines is 1. The van der Waals surface area contributed by atoms with Gasteiger partial charge in [-0.25, -0.2) is 5.10 Å². The third-order valence-corrected chi connectivity index (χ3v) is 5.60. The number of nitrogens with zero attached hydrogens (tertiary/aromatic N) is 4. The molecule has 0 unspecified atom stereocenters. The molecule has 0 spiro atoms. The van der Waals surface area contributed by atoms with E-state index >= 15 is 0 Å². The summed E-state index contributed by atoms with van der Waals surface area (Å²) in [6.45, 7) is 6.23. The number of likely N-dealkylation sites (tertiary alicyclic amines) is 1. The zero-order valence-electron chi connectivity index (χ0n) is 16.1. The summed E-state index contributed by atoms with van der Waals surface area (Å²) < 4.78 is 5.32. The number of hydrogen-bond donors (Lipinski definition) is 2. The predicted molar refractivity (Wildman–Crippen MR) is 103 cm³/mol. The molecule has 2 aliphatic heterocycles. The first-order valence-corrected chi connectivity index (χ1v) is 9.89. The minimum atomic E-state index is -0.210. The molecule has 2 fully saturated rings. The summed E-state index contributed by atoms with van der Waals surface area (Å²) in [5.41, 5.74) is 1.10. The van der Waals surface area contributed by atoms with Gasteiger partial charge in [-0.05, 0) is 51.8 Å². The Bertz CT molecular complexity index is 858. The molecule has 2 saturated heterocycles. The highest BCUT2D eigenvalue weighted by molar-refractivity contribution is 5.94. The van der Waals surface area contributed by atoms with Gasteiger partial charge in [-0.1, -0.05) is 5.16 Å². The molecule has 4 heterocycles. The molecule has 2 aromatic heterocycles. The third-order valence-electron chi connectivity index (χ3n) is 5.60. The lowest BCUT2D eigenvalue weighted by Crippen LogP contribution is -2.45. The van der Waals surface area contributed by atoms with E-state index in [0.29, 0.717) is 12.2 Å². The summed E-state index contributed by atoms with van der Waals surface area (Å²) in [5, 5.41) is 13.7. The Morgan fingerprint density at radius 1 is 1.25 bits per heavy atom. The number of aromatic amines is 1. The van der Waals surface area contributed by atoms with Crippen molar-refractivity contribution in [2.24, 2.45) is 0 Å². The summed E-state index contributed by atoms with van der Waals surface area (Å²) in [5.74, 6) is 1.31. The molecule has 0 atom stereocenters. The number of amides is 1. The fraction of sp³-hybridized carbons (Fsp3) is 0.579. The zero-order valence-corrected chi connectivity index (χ0v) is 16.1. The Hall–Kier alpha value is -2.68. The monoisotopic (exact) mass is 386 g/mol. The highest BCUT2D eigenvalue weighted by Gasteiger charge is 2.27. The number of aromatic nitrogens is 3. The van der Waals surface area contributed by atoms with Crippen LogP contribution in [-0.4, -0.2) is 58.4 Å². The van der Waals surface area contributed by atoms with Crippen LogP contribution in [0.15, 0.2) is 21.5 Å². The maximum atomic E-state index is 12.8. The van der Waals surface area contributed by atoms with E-state index < -0.39 is 0 Å². The third kappa shape index (κ3) is 4.09. The largest absolute Gasteiger partial charge is 0.361 e. The van der Waals surface area contributed by atoms with E-state index in [0.717, 1.165) is 56.2 Å². The number of rotatable bonds is 5. The fourth-order valence-corrected chi connectivity index (χ4v) is 3.94. The molecule has 0 saturated carbocycles. The van der Waals surface area contributed by atoms with Crippen LogP contribution in [0.3, 0.4) is 0 Å². The van der Waals surface area contributed by atoms with Gasteiger partial charge in [0, 0.05) is 37.3 Å². The van der Waals surface area contributed by atoms with Gasteiger partial charge in [0.1, 0.15) is 11.6 Å². The van der Waals surface area contributed by atoms with Gasteiger partial charge in [0.15, 0.2) is 5.69 Å². The van der Waals surface area contributed by atoms with Crippen LogP contribution in [0.4, 0.5) is 5.82 Å². The molecule has 150 valence electrons.